The minimum Gasteiger partial charge on any atom is -0.508 e. The van der Waals surface area contributed by atoms with Crippen molar-refractivity contribution in [3.63, 3.8) is 0 Å². The van der Waals surface area contributed by atoms with Crippen LogP contribution in [0.4, 0.5) is 0 Å². The van der Waals surface area contributed by atoms with Crippen molar-refractivity contribution in [2.75, 3.05) is 0 Å². The van der Waals surface area contributed by atoms with Gasteiger partial charge in [0.05, 0.1) is 0 Å². The predicted octanol–water partition coefficient (Wildman–Crippen LogP) is 4.02. The Balaban J connectivity index is 2.02. The molecule has 0 aromatic heterocycles. The van der Waals surface area contributed by atoms with E-state index in [1.165, 1.54) is 11.6 Å². The molecule has 2 N–H and O–H groups in total. The summed E-state index contributed by atoms with van der Waals surface area (Å²) in [6, 6.07) is 15.3. The highest BCUT2D eigenvalue weighted by Crippen LogP contribution is 2.22. The van der Waals surface area contributed by atoms with Gasteiger partial charge in [0.2, 0.25) is 0 Å². The highest BCUT2D eigenvalue weighted by atomic mass is 16.4. The summed E-state index contributed by atoms with van der Waals surface area (Å²) in [6.07, 6.45) is 2.82. The van der Waals surface area contributed by atoms with Crippen LogP contribution in [0, 0.1) is 0 Å². The monoisotopic (exact) mass is 282 g/mol. The van der Waals surface area contributed by atoms with Gasteiger partial charge in [-0.15, -0.1) is 0 Å². The Labute approximate surface area is 124 Å². The number of aliphatic carboxylic acids is 1. The van der Waals surface area contributed by atoms with Crippen LogP contribution >= 0.6 is 0 Å². The minimum absolute atomic E-state index is 0.260. The highest BCUT2D eigenvalue weighted by molar-refractivity contribution is 5.80. The number of rotatable bonds is 5. The van der Waals surface area contributed by atoms with Gasteiger partial charge in [-0.25, -0.2) is 4.79 Å². The van der Waals surface area contributed by atoms with Crippen LogP contribution in [0.5, 0.6) is 5.75 Å². The van der Waals surface area contributed by atoms with Crippen LogP contribution in [0.1, 0.15) is 18.9 Å². The van der Waals surface area contributed by atoms with Gasteiger partial charge in [-0.3, -0.25) is 0 Å². The maximum absolute atomic E-state index is 10.6. The average molecular weight is 282 g/mol. The van der Waals surface area contributed by atoms with Crippen molar-refractivity contribution >= 4 is 5.97 Å². The Hall–Kier alpha value is -2.55. The third-order valence-corrected chi connectivity index (χ3v) is 3.33. The molecular formula is C18H18O3. The van der Waals surface area contributed by atoms with Gasteiger partial charge in [0.1, 0.15) is 5.75 Å². The molecule has 0 radical (unpaired) electrons. The largest absolute Gasteiger partial charge is 0.508 e. The topological polar surface area (TPSA) is 57.5 Å². The number of hydrogen-bond acceptors (Lipinski definition) is 2. The molecule has 0 aliphatic carbocycles. The Morgan fingerprint density at radius 3 is 2.05 bits per heavy atom. The molecule has 0 fully saturated rings. The zero-order valence-corrected chi connectivity index (χ0v) is 11.9. The van der Waals surface area contributed by atoms with Gasteiger partial charge < -0.3 is 10.2 Å². The fraction of sp³-hybridized carbons (Fsp3) is 0.167. The van der Waals surface area contributed by atoms with Crippen LogP contribution < -0.4 is 0 Å². The summed E-state index contributed by atoms with van der Waals surface area (Å²) in [7, 11) is 0. The fourth-order valence-corrected chi connectivity index (χ4v) is 2.14. The third-order valence-electron chi connectivity index (χ3n) is 3.33. The van der Waals surface area contributed by atoms with E-state index in [0.29, 0.717) is 0 Å². The first-order chi connectivity index (χ1) is 10.0. The lowest BCUT2D eigenvalue weighted by Gasteiger charge is -2.05. The van der Waals surface area contributed by atoms with Gasteiger partial charge in [0.15, 0.2) is 0 Å². The number of carbonyl (C=O) groups is 1. The molecule has 2 rings (SSSR count). The molecule has 0 amide bonds. The SMILES string of the molecule is C/C(=C\C(=O)O)CCc1ccc(-c2ccc(O)cc2)cc1. The first kappa shape index (κ1) is 14.9. The number of carboxylic acids is 1. The fourth-order valence-electron chi connectivity index (χ4n) is 2.14. The molecule has 2 aromatic carbocycles. The van der Waals surface area contributed by atoms with Crippen molar-refractivity contribution in [3.8, 4) is 16.9 Å². The zero-order chi connectivity index (χ0) is 15.2. The van der Waals surface area contributed by atoms with Crippen LogP contribution in [0.2, 0.25) is 0 Å². The van der Waals surface area contributed by atoms with E-state index in [1.54, 1.807) is 12.1 Å². The van der Waals surface area contributed by atoms with E-state index in [-0.39, 0.29) is 5.75 Å². The summed E-state index contributed by atoms with van der Waals surface area (Å²) in [6.45, 7) is 1.83. The molecule has 3 heteroatoms. The van der Waals surface area contributed by atoms with Gasteiger partial charge in [-0.05, 0) is 48.6 Å². The Morgan fingerprint density at radius 1 is 1.00 bits per heavy atom. The third kappa shape index (κ3) is 4.49. The van der Waals surface area contributed by atoms with Crippen molar-refractivity contribution in [2.24, 2.45) is 0 Å². The first-order valence-electron chi connectivity index (χ1n) is 6.83. The molecule has 21 heavy (non-hydrogen) atoms. The quantitative estimate of drug-likeness (QED) is 0.814. The molecule has 0 unspecified atom stereocenters. The predicted molar refractivity (Wildman–Crippen MR) is 83.3 cm³/mol. The number of aryl methyl sites for hydroxylation is 1. The van der Waals surface area contributed by atoms with E-state index < -0.39 is 5.97 Å². The molecule has 0 bridgehead atoms. The van der Waals surface area contributed by atoms with Crippen molar-refractivity contribution in [1.29, 1.82) is 0 Å². The summed E-state index contributed by atoms with van der Waals surface area (Å²) < 4.78 is 0. The summed E-state index contributed by atoms with van der Waals surface area (Å²) in [5.74, 6) is -0.633. The zero-order valence-electron chi connectivity index (χ0n) is 11.9. The van der Waals surface area contributed by atoms with Crippen LogP contribution in [-0.2, 0) is 11.2 Å². The smallest absolute Gasteiger partial charge is 0.328 e. The number of carboxylic acid groups (broad SMARTS) is 1. The molecule has 3 nitrogen and oxygen atoms in total. The highest BCUT2D eigenvalue weighted by Gasteiger charge is 2.00. The maximum atomic E-state index is 10.6. The summed E-state index contributed by atoms with van der Waals surface area (Å²) in [4.78, 5) is 10.6. The second-order valence-electron chi connectivity index (χ2n) is 5.07. The molecule has 0 aliphatic heterocycles. The molecule has 2 aromatic rings. The Bertz CT molecular complexity index is 637. The molecule has 0 aliphatic rings. The standard InChI is InChI=1S/C18H18O3/c1-13(12-18(20)21)2-3-14-4-6-15(7-5-14)16-8-10-17(19)11-9-16/h4-12,19H,2-3H2,1H3,(H,20,21)/b13-12+. The normalized spacial score (nSPS) is 11.4. The van der Waals surface area contributed by atoms with Crippen molar-refractivity contribution < 1.29 is 15.0 Å². The van der Waals surface area contributed by atoms with E-state index in [2.05, 4.69) is 12.1 Å². The van der Waals surface area contributed by atoms with Crippen LogP contribution in [0.25, 0.3) is 11.1 Å². The summed E-state index contributed by atoms with van der Waals surface area (Å²) in [5.41, 5.74) is 4.19. The minimum atomic E-state index is -0.893. The molecule has 0 atom stereocenters. The van der Waals surface area contributed by atoms with E-state index in [0.717, 1.165) is 29.5 Å². The molecule has 0 saturated heterocycles. The van der Waals surface area contributed by atoms with Crippen LogP contribution in [0.3, 0.4) is 0 Å². The van der Waals surface area contributed by atoms with Gasteiger partial charge in [0, 0.05) is 6.08 Å². The average Bonchev–Trinajstić information content (AvgIpc) is 2.46. The second kappa shape index (κ2) is 6.75. The molecule has 0 heterocycles. The lowest BCUT2D eigenvalue weighted by atomic mass is 10.0. The lowest BCUT2D eigenvalue weighted by Crippen LogP contribution is -1.92. The van der Waals surface area contributed by atoms with E-state index in [9.17, 15) is 9.90 Å². The number of hydrogen-bond donors (Lipinski definition) is 2. The van der Waals surface area contributed by atoms with E-state index in [1.807, 2.05) is 31.2 Å². The van der Waals surface area contributed by atoms with Crippen molar-refractivity contribution in [3.05, 3.63) is 65.7 Å². The summed E-state index contributed by atoms with van der Waals surface area (Å²) in [5, 5.41) is 18.0. The first-order valence-corrected chi connectivity index (χ1v) is 6.83. The molecular weight excluding hydrogens is 264 g/mol. The lowest BCUT2D eigenvalue weighted by molar-refractivity contribution is -0.131. The van der Waals surface area contributed by atoms with Crippen molar-refractivity contribution in [2.45, 2.75) is 19.8 Å². The number of allylic oxidation sites excluding steroid dienone is 1. The number of aromatic hydroxyl groups is 1. The van der Waals surface area contributed by atoms with E-state index >= 15 is 0 Å². The molecule has 0 spiro atoms. The molecule has 108 valence electrons. The summed E-state index contributed by atoms with van der Waals surface area (Å²) >= 11 is 0. The van der Waals surface area contributed by atoms with Gasteiger partial charge in [-0.1, -0.05) is 42.0 Å². The maximum Gasteiger partial charge on any atom is 0.328 e. The molecule has 0 saturated carbocycles. The number of phenols is 1. The number of phenolic OH excluding ortho intramolecular Hbond substituents is 1. The van der Waals surface area contributed by atoms with Crippen molar-refractivity contribution in [1.82, 2.24) is 0 Å². The second-order valence-corrected chi connectivity index (χ2v) is 5.07. The van der Waals surface area contributed by atoms with Crippen LogP contribution in [0.15, 0.2) is 60.2 Å². The van der Waals surface area contributed by atoms with Crippen LogP contribution in [-0.4, -0.2) is 16.2 Å². The van der Waals surface area contributed by atoms with Gasteiger partial charge >= 0.3 is 5.97 Å². The Kier molecular flexibility index (Phi) is 4.77. The number of benzene rings is 2. The van der Waals surface area contributed by atoms with E-state index in [4.69, 9.17) is 5.11 Å². The Morgan fingerprint density at radius 2 is 1.52 bits per heavy atom. The van der Waals surface area contributed by atoms with Gasteiger partial charge in [0.25, 0.3) is 0 Å². The van der Waals surface area contributed by atoms with Gasteiger partial charge in [-0.2, -0.15) is 0 Å².